The summed E-state index contributed by atoms with van der Waals surface area (Å²) in [7, 11) is 4.51. The van der Waals surface area contributed by atoms with E-state index in [0.717, 1.165) is 5.75 Å². The summed E-state index contributed by atoms with van der Waals surface area (Å²) in [6.07, 6.45) is 1.95. The third kappa shape index (κ3) is 3.96. The molecule has 0 amide bonds. The van der Waals surface area contributed by atoms with E-state index in [-0.39, 0.29) is 0 Å². The van der Waals surface area contributed by atoms with E-state index in [9.17, 15) is 4.79 Å². The second-order valence-corrected chi connectivity index (χ2v) is 4.53. The number of methoxy groups -OCH3 is 3. The van der Waals surface area contributed by atoms with Gasteiger partial charge in [-0.25, -0.2) is 4.79 Å². The van der Waals surface area contributed by atoms with Crippen LogP contribution < -0.4 is 14.2 Å². The van der Waals surface area contributed by atoms with Crippen LogP contribution in [0.1, 0.15) is 10.4 Å². The zero-order valence-corrected chi connectivity index (χ0v) is 12.3. The molecule has 0 aromatic heterocycles. The van der Waals surface area contributed by atoms with Crippen LogP contribution in [0.25, 0.3) is 0 Å². The van der Waals surface area contributed by atoms with Crippen molar-refractivity contribution < 1.29 is 23.7 Å². The van der Waals surface area contributed by atoms with Crippen LogP contribution >= 0.6 is 11.8 Å². The fourth-order valence-electron chi connectivity index (χ4n) is 1.50. The molecule has 0 bridgehead atoms. The highest BCUT2D eigenvalue weighted by Gasteiger charge is 2.17. The van der Waals surface area contributed by atoms with E-state index >= 15 is 0 Å². The number of carbonyl (C=O) groups excluding carboxylic acids is 1. The maximum absolute atomic E-state index is 11.9. The quantitative estimate of drug-likeness (QED) is 0.566. The molecule has 106 valence electrons. The second kappa shape index (κ2) is 7.78. The van der Waals surface area contributed by atoms with E-state index in [1.807, 2.05) is 6.26 Å². The lowest BCUT2D eigenvalue weighted by Crippen LogP contribution is -2.09. The zero-order valence-electron chi connectivity index (χ0n) is 11.5. The van der Waals surface area contributed by atoms with Crippen molar-refractivity contribution in [2.45, 2.75) is 0 Å². The largest absolute Gasteiger partial charge is 0.493 e. The minimum absolute atomic E-state index is 0.371. The molecular weight excluding hydrogens is 268 g/mol. The van der Waals surface area contributed by atoms with E-state index in [1.54, 1.807) is 23.9 Å². The topological polar surface area (TPSA) is 54.0 Å². The fraction of sp³-hybridized carbons (Fsp3) is 0.462. The van der Waals surface area contributed by atoms with Crippen LogP contribution in [0.4, 0.5) is 0 Å². The van der Waals surface area contributed by atoms with Gasteiger partial charge in [0.2, 0.25) is 5.75 Å². The zero-order chi connectivity index (χ0) is 14.3. The van der Waals surface area contributed by atoms with Crippen LogP contribution in [-0.2, 0) is 4.74 Å². The van der Waals surface area contributed by atoms with Gasteiger partial charge < -0.3 is 18.9 Å². The molecule has 0 fully saturated rings. The van der Waals surface area contributed by atoms with Crippen LogP contribution in [0.15, 0.2) is 12.1 Å². The normalized spacial score (nSPS) is 9.89. The Morgan fingerprint density at radius 2 is 1.68 bits per heavy atom. The predicted molar refractivity (Wildman–Crippen MR) is 74.8 cm³/mol. The minimum Gasteiger partial charge on any atom is -0.493 e. The lowest BCUT2D eigenvalue weighted by molar-refractivity contribution is 0.0529. The molecule has 1 aromatic carbocycles. The SMILES string of the molecule is COc1cc(C(=O)OCCSC)cc(OC)c1OC. The number of hydrogen-bond acceptors (Lipinski definition) is 6. The Labute approximate surface area is 117 Å². The van der Waals surface area contributed by atoms with Crippen molar-refractivity contribution in [3.8, 4) is 17.2 Å². The van der Waals surface area contributed by atoms with Crippen LogP contribution in [0.5, 0.6) is 17.2 Å². The van der Waals surface area contributed by atoms with Crippen LogP contribution in [-0.4, -0.2) is 45.9 Å². The van der Waals surface area contributed by atoms with Gasteiger partial charge in [0.1, 0.15) is 6.61 Å². The molecule has 1 aromatic rings. The smallest absolute Gasteiger partial charge is 0.338 e. The van der Waals surface area contributed by atoms with Crippen molar-refractivity contribution in [2.24, 2.45) is 0 Å². The maximum atomic E-state index is 11.9. The number of esters is 1. The summed E-state index contributed by atoms with van der Waals surface area (Å²) in [4.78, 5) is 11.9. The molecule has 5 nitrogen and oxygen atoms in total. The molecule has 0 aliphatic rings. The number of ether oxygens (including phenoxy) is 4. The predicted octanol–water partition coefficient (Wildman–Crippen LogP) is 2.23. The third-order valence-corrected chi connectivity index (χ3v) is 3.00. The van der Waals surface area contributed by atoms with Gasteiger partial charge in [-0.15, -0.1) is 0 Å². The number of rotatable bonds is 7. The number of carbonyl (C=O) groups is 1. The Bertz CT molecular complexity index is 408. The molecule has 19 heavy (non-hydrogen) atoms. The first-order chi connectivity index (χ1) is 9.17. The lowest BCUT2D eigenvalue weighted by atomic mass is 10.2. The van der Waals surface area contributed by atoms with Crippen molar-refractivity contribution >= 4 is 17.7 Å². The average Bonchev–Trinajstić information content (AvgIpc) is 2.45. The number of benzene rings is 1. The molecule has 0 saturated carbocycles. The highest BCUT2D eigenvalue weighted by Crippen LogP contribution is 2.38. The Morgan fingerprint density at radius 3 is 2.11 bits per heavy atom. The standard InChI is InChI=1S/C13H18O5S/c1-15-10-7-9(13(14)18-5-6-19-4)8-11(16-2)12(10)17-3/h7-8H,5-6H2,1-4H3. The molecule has 0 N–H and O–H groups in total. The summed E-state index contributed by atoms with van der Waals surface area (Å²) in [6.45, 7) is 0.372. The monoisotopic (exact) mass is 286 g/mol. The molecule has 0 aliphatic heterocycles. The van der Waals surface area contributed by atoms with Crippen LogP contribution in [0.3, 0.4) is 0 Å². The van der Waals surface area contributed by atoms with Gasteiger partial charge in [0.25, 0.3) is 0 Å². The van der Waals surface area contributed by atoms with Crippen molar-refractivity contribution in [1.29, 1.82) is 0 Å². The first-order valence-electron chi connectivity index (χ1n) is 5.64. The highest BCUT2D eigenvalue weighted by molar-refractivity contribution is 7.98. The molecule has 0 spiro atoms. The Balaban J connectivity index is 2.98. The average molecular weight is 286 g/mol. The Morgan fingerprint density at radius 1 is 1.11 bits per heavy atom. The highest BCUT2D eigenvalue weighted by atomic mass is 32.2. The van der Waals surface area contributed by atoms with Gasteiger partial charge in [0.15, 0.2) is 11.5 Å². The van der Waals surface area contributed by atoms with Crippen molar-refractivity contribution in [3.63, 3.8) is 0 Å². The third-order valence-electron chi connectivity index (χ3n) is 2.42. The molecule has 0 unspecified atom stereocenters. The van der Waals surface area contributed by atoms with Gasteiger partial charge in [-0.05, 0) is 18.4 Å². The van der Waals surface area contributed by atoms with Gasteiger partial charge >= 0.3 is 5.97 Å². The summed E-state index contributed by atoms with van der Waals surface area (Å²) >= 11 is 1.61. The van der Waals surface area contributed by atoms with Crippen molar-refractivity contribution in [2.75, 3.05) is 39.9 Å². The van der Waals surface area contributed by atoms with Gasteiger partial charge in [-0.2, -0.15) is 11.8 Å². The Hall–Kier alpha value is -1.56. The summed E-state index contributed by atoms with van der Waals surface area (Å²) in [5.74, 6) is 1.66. The number of thioether (sulfide) groups is 1. The molecule has 0 atom stereocenters. The molecule has 0 radical (unpaired) electrons. The maximum Gasteiger partial charge on any atom is 0.338 e. The van der Waals surface area contributed by atoms with Gasteiger partial charge in [-0.1, -0.05) is 0 Å². The summed E-state index contributed by atoms with van der Waals surface area (Å²) in [5, 5.41) is 0. The minimum atomic E-state index is -0.409. The van der Waals surface area contributed by atoms with Gasteiger partial charge in [0.05, 0.1) is 26.9 Å². The Kier molecular flexibility index (Phi) is 6.35. The van der Waals surface area contributed by atoms with E-state index in [4.69, 9.17) is 18.9 Å². The summed E-state index contributed by atoms with van der Waals surface area (Å²) in [6, 6.07) is 3.14. The van der Waals surface area contributed by atoms with E-state index in [2.05, 4.69) is 0 Å². The van der Waals surface area contributed by atoms with Crippen molar-refractivity contribution in [3.05, 3.63) is 17.7 Å². The molecule has 6 heteroatoms. The number of hydrogen-bond donors (Lipinski definition) is 0. The lowest BCUT2D eigenvalue weighted by Gasteiger charge is -2.13. The van der Waals surface area contributed by atoms with Gasteiger partial charge in [0, 0.05) is 5.75 Å². The van der Waals surface area contributed by atoms with E-state index in [1.165, 1.54) is 21.3 Å². The molecule has 0 saturated heterocycles. The summed E-state index contributed by atoms with van der Waals surface area (Å²) < 4.78 is 20.7. The summed E-state index contributed by atoms with van der Waals surface area (Å²) in [5.41, 5.74) is 0.371. The van der Waals surface area contributed by atoms with E-state index in [0.29, 0.717) is 29.4 Å². The molecule has 0 aliphatic carbocycles. The molecular formula is C13H18O5S. The molecule has 1 rings (SSSR count). The second-order valence-electron chi connectivity index (χ2n) is 3.54. The van der Waals surface area contributed by atoms with Crippen LogP contribution in [0, 0.1) is 0 Å². The van der Waals surface area contributed by atoms with Crippen LogP contribution in [0.2, 0.25) is 0 Å². The first-order valence-corrected chi connectivity index (χ1v) is 7.03. The fourth-order valence-corrected chi connectivity index (χ4v) is 1.75. The molecule has 0 heterocycles. The van der Waals surface area contributed by atoms with E-state index < -0.39 is 5.97 Å². The van der Waals surface area contributed by atoms with Gasteiger partial charge in [-0.3, -0.25) is 0 Å². The first kappa shape index (κ1) is 15.5. The van der Waals surface area contributed by atoms with Crippen molar-refractivity contribution in [1.82, 2.24) is 0 Å².